The minimum Gasteiger partial charge on any atom is -0.490 e. The Balaban J connectivity index is 1.30. The average molecular weight is 510 g/mol. The molecular weight excluding hydrogens is 481 g/mol. The number of hydrogen-bond acceptors (Lipinski definition) is 5. The largest absolute Gasteiger partial charge is 0.490 e. The van der Waals surface area contributed by atoms with Crippen LogP contribution in [0, 0.1) is 18.3 Å². The van der Waals surface area contributed by atoms with E-state index in [1.54, 1.807) is 24.7 Å². The normalized spacial score (nSPS) is 14.2. The lowest BCUT2D eigenvalue weighted by Crippen LogP contribution is -2.32. The Morgan fingerprint density at radius 3 is 2.61 bits per heavy atom. The quantitative estimate of drug-likeness (QED) is 0.311. The molecule has 0 spiro atoms. The molecule has 0 aliphatic carbocycles. The van der Waals surface area contributed by atoms with E-state index in [4.69, 9.17) is 11.3 Å². The summed E-state index contributed by atoms with van der Waals surface area (Å²) in [5.41, 5.74) is 2.65. The van der Waals surface area contributed by atoms with Crippen LogP contribution in [0.4, 0.5) is 10.1 Å². The molecule has 0 saturated carbocycles. The second-order valence-electron chi connectivity index (χ2n) is 9.66. The van der Waals surface area contributed by atoms with Gasteiger partial charge in [-0.25, -0.2) is 19.2 Å². The van der Waals surface area contributed by atoms with Crippen LogP contribution in [0.25, 0.3) is 27.4 Å². The molecular formula is C30H28FN5O2. The molecule has 2 aromatic carbocycles. The summed E-state index contributed by atoms with van der Waals surface area (Å²) >= 11 is 0. The number of halogens is 1. The van der Waals surface area contributed by atoms with Crippen LogP contribution in [0.5, 0.6) is 5.75 Å². The van der Waals surface area contributed by atoms with Crippen molar-refractivity contribution in [2.24, 2.45) is 5.92 Å². The first kappa shape index (κ1) is 25.3. The number of ether oxygens (including phenoxy) is 1. The van der Waals surface area contributed by atoms with Crippen molar-refractivity contribution < 1.29 is 9.13 Å². The molecule has 5 rings (SSSR count). The third-order valence-corrected chi connectivity index (χ3v) is 6.86. The molecule has 4 aromatic rings. The Hall–Kier alpha value is -4.35. The first-order valence-electron chi connectivity index (χ1n) is 12.6. The van der Waals surface area contributed by atoms with Gasteiger partial charge >= 0.3 is 0 Å². The molecule has 192 valence electrons. The fraction of sp³-hybridized carbons (Fsp3) is 0.267. The van der Waals surface area contributed by atoms with E-state index in [0.29, 0.717) is 41.9 Å². The molecule has 0 amide bonds. The number of piperidine rings is 1. The van der Waals surface area contributed by atoms with Crippen LogP contribution in [-0.2, 0) is 6.54 Å². The van der Waals surface area contributed by atoms with Crippen molar-refractivity contribution >= 4 is 5.69 Å². The van der Waals surface area contributed by atoms with Gasteiger partial charge in [-0.2, -0.15) is 0 Å². The van der Waals surface area contributed by atoms with Crippen LogP contribution >= 0.6 is 0 Å². The Kier molecular flexibility index (Phi) is 7.57. The second kappa shape index (κ2) is 11.4. The minimum atomic E-state index is -0.444. The second-order valence-corrected chi connectivity index (χ2v) is 9.66. The molecule has 7 nitrogen and oxygen atoms in total. The van der Waals surface area contributed by atoms with Crippen LogP contribution in [0.1, 0.15) is 18.4 Å². The molecule has 1 aliphatic heterocycles. The number of likely N-dealkylation sites (tertiary alicyclic amines) is 1. The first-order valence-corrected chi connectivity index (χ1v) is 12.6. The highest BCUT2D eigenvalue weighted by atomic mass is 19.1. The fourth-order valence-corrected chi connectivity index (χ4v) is 4.61. The van der Waals surface area contributed by atoms with Gasteiger partial charge in [0.25, 0.3) is 5.56 Å². The Bertz CT molecular complexity index is 1520. The highest BCUT2D eigenvalue weighted by molar-refractivity contribution is 5.68. The third kappa shape index (κ3) is 5.96. The van der Waals surface area contributed by atoms with E-state index in [9.17, 15) is 9.18 Å². The predicted octanol–water partition coefficient (Wildman–Crippen LogP) is 5.43. The first-order chi connectivity index (χ1) is 18.5. The van der Waals surface area contributed by atoms with Crippen molar-refractivity contribution in [1.29, 1.82) is 0 Å². The van der Waals surface area contributed by atoms with Crippen molar-refractivity contribution in [2.45, 2.75) is 19.4 Å². The standard InChI is InChI=1S/C30H28FN5O2/c1-32-25-7-8-28(31)27(15-25)24-6-9-29(37)36(19-24)18-22-4-3-5-23(14-22)30-33-16-26(17-34-30)38-20-21-10-12-35(2)13-11-21/h3-9,14-17,19,21H,10-13,18,20H2,2H3. The van der Waals surface area contributed by atoms with E-state index in [-0.39, 0.29) is 11.1 Å². The number of nitrogens with zero attached hydrogens (tertiary/aromatic N) is 5. The van der Waals surface area contributed by atoms with Crippen LogP contribution in [0.2, 0.25) is 0 Å². The maximum Gasteiger partial charge on any atom is 0.250 e. The molecule has 0 bridgehead atoms. The van der Waals surface area contributed by atoms with E-state index < -0.39 is 5.82 Å². The Morgan fingerprint density at radius 1 is 1.05 bits per heavy atom. The molecule has 8 heteroatoms. The van der Waals surface area contributed by atoms with Crippen molar-refractivity contribution in [3.63, 3.8) is 0 Å². The smallest absolute Gasteiger partial charge is 0.250 e. The lowest BCUT2D eigenvalue weighted by molar-refractivity contribution is 0.159. The number of pyridine rings is 1. The molecule has 0 N–H and O–H groups in total. The van der Waals surface area contributed by atoms with E-state index >= 15 is 0 Å². The summed E-state index contributed by atoms with van der Waals surface area (Å²) in [5.74, 6) is 1.33. The van der Waals surface area contributed by atoms with Gasteiger partial charge in [0.2, 0.25) is 0 Å². The van der Waals surface area contributed by atoms with Crippen molar-refractivity contribution in [2.75, 3.05) is 26.7 Å². The van der Waals surface area contributed by atoms with Gasteiger partial charge in [0.15, 0.2) is 17.3 Å². The molecule has 2 aromatic heterocycles. The molecule has 3 heterocycles. The lowest BCUT2D eigenvalue weighted by Gasteiger charge is -2.28. The highest BCUT2D eigenvalue weighted by Crippen LogP contribution is 2.27. The fourth-order valence-electron chi connectivity index (χ4n) is 4.61. The van der Waals surface area contributed by atoms with E-state index in [2.05, 4.69) is 26.8 Å². The SMILES string of the molecule is [C-]#[N+]c1ccc(F)c(-c2ccc(=O)n(Cc3cccc(-c4ncc(OCC5CCN(C)CC5)cn4)c3)c2)c1. The van der Waals surface area contributed by atoms with Gasteiger partial charge in [-0.1, -0.05) is 24.3 Å². The van der Waals surface area contributed by atoms with Gasteiger partial charge in [-0.15, -0.1) is 0 Å². The van der Waals surface area contributed by atoms with Crippen molar-refractivity contribution in [1.82, 2.24) is 19.4 Å². The number of hydrogen-bond donors (Lipinski definition) is 0. The van der Waals surface area contributed by atoms with E-state index in [1.807, 2.05) is 24.3 Å². The zero-order chi connectivity index (χ0) is 26.5. The maximum absolute atomic E-state index is 14.5. The van der Waals surface area contributed by atoms with Crippen LogP contribution in [0.15, 0.2) is 78.0 Å². The topological polar surface area (TPSA) is 64.6 Å². The summed E-state index contributed by atoms with van der Waals surface area (Å²) in [6.45, 7) is 10.4. The molecule has 1 fully saturated rings. The molecule has 1 aliphatic rings. The lowest BCUT2D eigenvalue weighted by atomic mass is 9.98. The van der Waals surface area contributed by atoms with Crippen molar-refractivity contribution in [3.8, 4) is 28.3 Å². The maximum atomic E-state index is 14.5. The van der Waals surface area contributed by atoms with Crippen LogP contribution in [0.3, 0.4) is 0 Å². The molecule has 38 heavy (non-hydrogen) atoms. The molecule has 0 unspecified atom stereocenters. The minimum absolute atomic E-state index is 0.205. The zero-order valence-corrected chi connectivity index (χ0v) is 21.2. The third-order valence-electron chi connectivity index (χ3n) is 6.86. The summed E-state index contributed by atoms with van der Waals surface area (Å²) in [6.07, 6.45) is 7.29. The zero-order valence-electron chi connectivity index (χ0n) is 21.2. The van der Waals surface area contributed by atoms with Crippen LogP contribution < -0.4 is 10.3 Å². The van der Waals surface area contributed by atoms with Gasteiger partial charge in [0.05, 0.1) is 32.1 Å². The number of aromatic nitrogens is 3. The summed E-state index contributed by atoms with van der Waals surface area (Å²) < 4.78 is 21.9. The van der Waals surface area contributed by atoms with E-state index in [1.165, 1.54) is 28.8 Å². The summed E-state index contributed by atoms with van der Waals surface area (Å²) in [6, 6.07) is 14.9. The summed E-state index contributed by atoms with van der Waals surface area (Å²) in [4.78, 5) is 27.3. The predicted molar refractivity (Wildman–Crippen MR) is 145 cm³/mol. The number of benzene rings is 2. The van der Waals surface area contributed by atoms with Gasteiger partial charge in [0.1, 0.15) is 5.82 Å². The summed E-state index contributed by atoms with van der Waals surface area (Å²) in [5, 5.41) is 0. The van der Waals surface area contributed by atoms with Crippen molar-refractivity contribution in [3.05, 3.63) is 106 Å². The van der Waals surface area contributed by atoms with E-state index in [0.717, 1.165) is 37.1 Å². The molecule has 1 saturated heterocycles. The van der Waals surface area contributed by atoms with Gasteiger partial charge < -0.3 is 14.2 Å². The summed E-state index contributed by atoms with van der Waals surface area (Å²) in [7, 11) is 2.15. The molecule has 0 radical (unpaired) electrons. The number of rotatable bonds is 7. The van der Waals surface area contributed by atoms with Gasteiger partial charge in [0, 0.05) is 23.4 Å². The average Bonchev–Trinajstić information content (AvgIpc) is 2.95. The highest BCUT2D eigenvalue weighted by Gasteiger charge is 2.17. The van der Waals surface area contributed by atoms with Crippen LogP contribution in [-0.4, -0.2) is 46.2 Å². The van der Waals surface area contributed by atoms with Gasteiger partial charge in [-0.3, -0.25) is 4.79 Å². The Labute approximate surface area is 221 Å². The Morgan fingerprint density at radius 2 is 1.84 bits per heavy atom. The molecule has 0 atom stereocenters. The van der Waals surface area contributed by atoms with Gasteiger partial charge in [-0.05, 0) is 74.3 Å². The monoisotopic (exact) mass is 509 g/mol.